The molecular weight excluding hydrogens is 326 g/mol. The zero-order chi connectivity index (χ0) is 17.5. The summed E-state index contributed by atoms with van der Waals surface area (Å²) in [6.07, 6.45) is 1.75. The monoisotopic (exact) mass is 339 g/mol. The lowest BCUT2D eigenvalue weighted by molar-refractivity contribution is 1.18. The zero-order valence-electron chi connectivity index (χ0n) is 13.6. The van der Waals surface area contributed by atoms with E-state index in [1.165, 1.54) is 6.07 Å². The van der Waals surface area contributed by atoms with E-state index in [2.05, 4.69) is 15.0 Å². The Morgan fingerprint density at radius 1 is 0.769 bits per heavy atom. The molecular formula is C20H13N5O. The smallest absolute Gasteiger partial charge is 0.249 e. The van der Waals surface area contributed by atoms with Crippen molar-refractivity contribution in [1.82, 2.24) is 24.9 Å². The molecule has 0 saturated heterocycles. The molecule has 0 aliphatic carbocycles. The maximum Gasteiger partial charge on any atom is 0.249 e. The van der Waals surface area contributed by atoms with Gasteiger partial charge in [0.2, 0.25) is 5.56 Å². The molecule has 1 aromatic carbocycles. The van der Waals surface area contributed by atoms with Crippen molar-refractivity contribution in [3.05, 3.63) is 77.2 Å². The van der Waals surface area contributed by atoms with E-state index in [0.29, 0.717) is 22.6 Å². The van der Waals surface area contributed by atoms with Gasteiger partial charge in [0.25, 0.3) is 0 Å². The minimum absolute atomic E-state index is 0.201. The number of hydrogen-bond acceptors (Lipinski definition) is 4. The topological polar surface area (TPSA) is 87.3 Å². The predicted octanol–water partition coefficient (Wildman–Crippen LogP) is 3.53. The average Bonchev–Trinajstić information content (AvgIpc) is 3.11. The molecule has 0 aliphatic heterocycles. The van der Waals surface area contributed by atoms with Crippen LogP contribution in [0.25, 0.3) is 44.8 Å². The van der Waals surface area contributed by atoms with Crippen LogP contribution >= 0.6 is 0 Å². The summed E-state index contributed by atoms with van der Waals surface area (Å²) in [5.74, 6) is 0. The van der Waals surface area contributed by atoms with Crippen molar-refractivity contribution >= 4 is 22.2 Å². The number of rotatable bonds is 2. The van der Waals surface area contributed by atoms with Gasteiger partial charge >= 0.3 is 0 Å². The second-order valence-corrected chi connectivity index (χ2v) is 5.97. The van der Waals surface area contributed by atoms with E-state index in [0.717, 1.165) is 22.3 Å². The van der Waals surface area contributed by atoms with Gasteiger partial charge in [-0.05, 0) is 24.3 Å². The van der Waals surface area contributed by atoms with Gasteiger partial charge in [-0.1, -0.05) is 30.3 Å². The molecule has 4 heterocycles. The fourth-order valence-electron chi connectivity index (χ4n) is 3.04. The van der Waals surface area contributed by atoms with Gasteiger partial charge in [0, 0.05) is 23.2 Å². The standard InChI is InChI=1S/C20H13N5O/c26-16-9-8-14-20(24-16)25-17(12-5-2-1-3-6-12)18(22-14)15-11-13-7-4-10-21-19(13)23-15/h1-11H,(H,21,23)(H,24,25,26). The fraction of sp³-hybridized carbons (Fsp3) is 0. The number of aromatic nitrogens is 5. The van der Waals surface area contributed by atoms with E-state index >= 15 is 0 Å². The van der Waals surface area contributed by atoms with Crippen LogP contribution in [-0.4, -0.2) is 24.9 Å². The molecule has 0 bridgehead atoms. The van der Waals surface area contributed by atoms with Gasteiger partial charge < -0.3 is 9.97 Å². The van der Waals surface area contributed by atoms with Crippen molar-refractivity contribution in [2.45, 2.75) is 0 Å². The highest BCUT2D eigenvalue weighted by atomic mass is 16.1. The summed E-state index contributed by atoms with van der Waals surface area (Å²) in [5, 5.41) is 1.00. The van der Waals surface area contributed by atoms with Crippen LogP contribution in [0.3, 0.4) is 0 Å². The second kappa shape index (κ2) is 5.63. The molecule has 0 amide bonds. The first-order valence-electron chi connectivity index (χ1n) is 8.18. The van der Waals surface area contributed by atoms with Crippen molar-refractivity contribution in [3.63, 3.8) is 0 Å². The maximum atomic E-state index is 11.7. The summed E-state index contributed by atoms with van der Waals surface area (Å²) < 4.78 is 0. The quantitative estimate of drug-likeness (QED) is 0.515. The van der Waals surface area contributed by atoms with Crippen LogP contribution < -0.4 is 5.56 Å². The van der Waals surface area contributed by atoms with Gasteiger partial charge in [-0.3, -0.25) is 4.79 Å². The number of fused-ring (bicyclic) bond motifs is 2. The molecule has 0 unspecified atom stereocenters. The van der Waals surface area contributed by atoms with E-state index in [-0.39, 0.29) is 5.56 Å². The highest BCUT2D eigenvalue weighted by molar-refractivity contribution is 5.88. The first kappa shape index (κ1) is 14.5. The number of nitrogens with zero attached hydrogens (tertiary/aromatic N) is 3. The Morgan fingerprint density at radius 2 is 1.65 bits per heavy atom. The molecule has 5 rings (SSSR count). The van der Waals surface area contributed by atoms with Gasteiger partial charge in [-0.15, -0.1) is 0 Å². The maximum absolute atomic E-state index is 11.7. The number of benzene rings is 1. The molecule has 0 saturated carbocycles. The summed E-state index contributed by atoms with van der Waals surface area (Å²) in [6.45, 7) is 0. The zero-order valence-corrected chi connectivity index (χ0v) is 13.6. The van der Waals surface area contributed by atoms with E-state index in [1.807, 2.05) is 48.5 Å². The van der Waals surface area contributed by atoms with Crippen LogP contribution in [0.15, 0.2) is 71.7 Å². The van der Waals surface area contributed by atoms with E-state index in [4.69, 9.17) is 9.97 Å². The number of hydrogen-bond donors (Lipinski definition) is 2. The van der Waals surface area contributed by atoms with Crippen LogP contribution in [0.4, 0.5) is 0 Å². The Bertz CT molecular complexity index is 1270. The lowest BCUT2D eigenvalue weighted by atomic mass is 10.1. The molecule has 0 atom stereocenters. The minimum Gasteiger partial charge on any atom is -0.338 e. The molecule has 0 radical (unpaired) electrons. The Morgan fingerprint density at radius 3 is 2.50 bits per heavy atom. The molecule has 26 heavy (non-hydrogen) atoms. The number of pyridine rings is 2. The van der Waals surface area contributed by atoms with Gasteiger partial charge in [-0.25, -0.2) is 15.0 Å². The Balaban J connectivity index is 1.84. The normalized spacial score (nSPS) is 11.2. The lowest BCUT2D eigenvalue weighted by Gasteiger charge is -2.08. The van der Waals surface area contributed by atoms with Crippen LogP contribution in [0.1, 0.15) is 0 Å². The summed E-state index contributed by atoms with van der Waals surface area (Å²) in [5.41, 5.74) is 4.87. The molecule has 2 N–H and O–H groups in total. The van der Waals surface area contributed by atoms with Gasteiger partial charge in [0.15, 0.2) is 5.65 Å². The SMILES string of the molecule is O=c1ccc2nc(-c3cc4cccnc4[nH]3)c(-c3ccccc3)nc2[nH]1. The number of aromatic amines is 2. The van der Waals surface area contributed by atoms with E-state index in [1.54, 1.807) is 12.3 Å². The summed E-state index contributed by atoms with van der Waals surface area (Å²) in [4.78, 5) is 31.5. The van der Waals surface area contributed by atoms with Crippen LogP contribution in [0, 0.1) is 0 Å². The number of nitrogens with one attached hydrogen (secondary N) is 2. The largest absolute Gasteiger partial charge is 0.338 e. The Kier molecular flexibility index (Phi) is 3.15. The Labute approximate surface area is 147 Å². The van der Waals surface area contributed by atoms with Crippen molar-refractivity contribution in [3.8, 4) is 22.6 Å². The third-order valence-electron chi connectivity index (χ3n) is 4.25. The van der Waals surface area contributed by atoms with Gasteiger partial charge in [-0.2, -0.15) is 0 Å². The highest BCUT2D eigenvalue weighted by Gasteiger charge is 2.15. The molecule has 6 heteroatoms. The van der Waals surface area contributed by atoms with Crippen molar-refractivity contribution < 1.29 is 0 Å². The molecule has 0 spiro atoms. The highest BCUT2D eigenvalue weighted by Crippen LogP contribution is 2.31. The molecule has 5 aromatic rings. The van der Waals surface area contributed by atoms with Gasteiger partial charge in [0.1, 0.15) is 22.6 Å². The first-order valence-corrected chi connectivity index (χ1v) is 8.18. The van der Waals surface area contributed by atoms with E-state index < -0.39 is 0 Å². The third-order valence-corrected chi connectivity index (χ3v) is 4.25. The van der Waals surface area contributed by atoms with Crippen molar-refractivity contribution in [2.75, 3.05) is 0 Å². The number of H-pyrrole nitrogens is 2. The van der Waals surface area contributed by atoms with Crippen LogP contribution in [0.2, 0.25) is 0 Å². The van der Waals surface area contributed by atoms with Crippen LogP contribution in [-0.2, 0) is 0 Å². The molecule has 0 aliphatic rings. The van der Waals surface area contributed by atoms with Gasteiger partial charge in [0.05, 0.1) is 5.69 Å². The molecule has 124 valence electrons. The van der Waals surface area contributed by atoms with Crippen LogP contribution in [0.5, 0.6) is 0 Å². The molecule has 6 nitrogen and oxygen atoms in total. The molecule has 4 aromatic heterocycles. The summed E-state index contributed by atoms with van der Waals surface area (Å²) in [6, 6.07) is 18.8. The second-order valence-electron chi connectivity index (χ2n) is 5.97. The summed E-state index contributed by atoms with van der Waals surface area (Å²) >= 11 is 0. The predicted molar refractivity (Wildman–Crippen MR) is 101 cm³/mol. The summed E-state index contributed by atoms with van der Waals surface area (Å²) in [7, 11) is 0. The van der Waals surface area contributed by atoms with Crippen molar-refractivity contribution in [2.24, 2.45) is 0 Å². The minimum atomic E-state index is -0.201. The average molecular weight is 339 g/mol. The third kappa shape index (κ3) is 2.36. The first-order chi connectivity index (χ1) is 12.8. The fourth-order valence-corrected chi connectivity index (χ4v) is 3.04. The van der Waals surface area contributed by atoms with Crippen molar-refractivity contribution in [1.29, 1.82) is 0 Å². The van der Waals surface area contributed by atoms with E-state index in [9.17, 15) is 4.79 Å². The lowest BCUT2D eigenvalue weighted by Crippen LogP contribution is -2.06. The Hall–Kier alpha value is -3.80. The molecule has 0 fully saturated rings.